The Hall–Kier alpha value is -1.74. The Morgan fingerprint density at radius 3 is 1.96 bits per heavy atom. The van der Waals surface area contributed by atoms with Crippen molar-refractivity contribution in [1.29, 1.82) is 0 Å². The van der Waals surface area contributed by atoms with Crippen molar-refractivity contribution in [2.45, 2.75) is 24.3 Å². The van der Waals surface area contributed by atoms with Crippen LogP contribution in [0, 0.1) is 13.8 Å². The molecule has 0 saturated heterocycles. The summed E-state index contributed by atoms with van der Waals surface area (Å²) >= 11 is 0. The van der Waals surface area contributed by atoms with E-state index in [0.717, 1.165) is 16.7 Å². The van der Waals surface area contributed by atoms with E-state index in [9.17, 15) is 13.0 Å². The highest BCUT2D eigenvalue weighted by atomic mass is 32.2. The fourth-order valence-electron chi connectivity index (χ4n) is 3.15. The number of rotatable bonds is 3. The maximum Gasteiger partial charge on any atom is 0.279 e. The summed E-state index contributed by atoms with van der Waals surface area (Å²) in [5.41, 5.74) is 4.21. The SMILES string of the molecule is Cc1ccc(C2=CC(P)C(c3ccc(C)cc3)(S(=O)(=O)O)C=C2)cc1. The molecule has 0 aliphatic heterocycles. The van der Waals surface area contributed by atoms with Gasteiger partial charge in [0.05, 0.1) is 0 Å². The third-order valence-electron chi connectivity index (χ3n) is 4.68. The number of allylic oxidation sites excluding steroid dienone is 3. The lowest BCUT2D eigenvalue weighted by Gasteiger charge is -2.35. The highest BCUT2D eigenvalue weighted by Crippen LogP contribution is 2.44. The summed E-state index contributed by atoms with van der Waals surface area (Å²) in [6.07, 6.45) is 5.25. The van der Waals surface area contributed by atoms with Crippen LogP contribution in [-0.4, -0.2) is 18.6 Å². The van der Waals surface area contributed by atoms with Gasteiger partial charge < -0.3 is 0 Å². The van der Waals surface area contributed by atoms with Crippen molar-refractivity contribution in [1.82, 2.24) is 0 Å². The highest BCUT2D eigenvalue weighted by Gasteiger charge is 2.48. The van der Waals surface area contributed by atoms with Crippen molar-refractivity contribution in [2.75, 3.05) is 0 Å². The molecule has 0 amide bonds. The van der Waals surface area contributed by atoms with Gasteiger partial charge in [-0.3, -0.25) is 4.55 Å². The van der Waals surface area contributed by atoms with E-state index >= 15 is 0 Å². The van der Waals surface area contributed by atoms with Crippen LogP contribution in [0.5, 0.6) is 0 Å². The second-order valence-corrected chi connectivity index (χ2v) is 8.83. The van der Waals surface area contributed by atoms with Gasteiger partial charge in [-0.1, -0.05) is 77.9 Å². The molecular weight excluding hydrogens is 351 g/mol. The summed E-state index contributed by atoms with van der Waals surface area (Å²) in [6.45, 7) is 3.96. The van der Waals surface area contributed by atoms with Crippen LogP contribution >= 0.6 is 9.24 Å². The van der Waals surface area contributed by atoms with Crippen molar-refractivity contribution in [3.63, 3.8) is 0 Å². The van der Waals surface area contributed by atoms with Gasteiger partial charge in [0.15, 0.2) is 4.75 Å². The van der Waals surface area contributed by atoms with Crippen molar-refractivity contribution in [2.24, 2.45) is 0 Å². The first-order chi connectivity index (χ1) is 11.7. The summed E-state index contributed by atoms with van der Waals surface area (Å²) in [7, 11) is -1.80. The van der Waals surface area contributed by atoms with E-state index in [1.807, 2.05) is 56.3 Å². The molecule has 0 saturated carbocycles. The molecule has 1 aliphatic carbocycles. The monoisotopic (exact) mass is 372 g/mol. The zero-order valence-electron chi connectivity index (χ0n) is 14.2. The van der Waals surface area contributed by atoms with E-state index in [-0.39, 0.29) is 0 Å². The third-order valence-corrected chi connectivity index (χ3v) is 7.14. The molecule has 5 heteroatoms. The molecule has 3 nitrogen and oxygen atoms in total. The minimum atomic E-state index is -4.37. The minimum Gasteiger partial charge on any atom is -0.285 e. The molecule has 0 fully saturated rings. The van der Waals surface area contributed by atoms with E-state index in [0.29, 0.717) is 5.56 Å². The molecule has 130 valence electrons. The van der Waals surface area contributed by atoms with Crippen molar-refractivity contribution in [3.8, 4) is 0 Å². The van der Waals surface area contributed by atoms with Gasteiger partial charge in [-0.05, 0) is 30.5 Å². The van der Waals surface area contributed by atoms with Crippen molar-refractivity contribution < 1.29 is 13.0 Å². The fourth-order valence-corrected chi connectivity index (χ4v) is 5.26. The Morgan fingerprint density at radius 1 is 0.960 bits per heavy atom. The molecule has 25 heavy (non-hydrogen) atoms. The number of aryl methyl sites for hydroxylation is 2. The average Bonchev–Trinajstić information content (AvgIpc) is 2.55. The van der Waals surface area contributed by atoms with E-state index < -0.39 is 20.5 Å². The van der Waals surface area contributed by atoms with Gasteiger partial charge >= 0.3 is 0 Å². The molecule has 3 atom stereocenters. The molecule has 0 bridgehead atoms. The summed E-state index contributed by atoms with van der Waals surface area (Å²) in [5, 5.41) is 0. The normalized spacial score (nSPS) is 23.4. The van der Waals surface area contributed by atoms with Gasteiger partial charge in [-0.2, -0.15) is 8.42 Å². The largest absolute Gasteiger partial charge is 0.285 e. The number of benzene rings is 2. The van der Waals surface area contributed by atoms with Gasteiger partial charge in [-0.25, -0.2) is 0 Å². The van der Waals surface area contributed by atoms with Gasteiger partial charge in [0, 0.05) is 5.66 Å². The predicted molar refractivity (Wildman–Crippen MR) is 106 cm³/mol. The Balaban J connectivity index is 2.10. The Morgan fingerprint density at radius 2 is 1.48 bits per heavy atom. The van der Waals surface area contributed by atoms with Crippen LogP contribution in [0.1, 0.15) is 22.3 Å². The van der Waals surface area contributed by atoms with Crippen LogP contribution in [0.3, 0.4) is 0 Å². The van der Waals surface area contributed by atoms with Crippen LogP contribution in [0.4, 0.5) is 0 Å². The molecular formula is C20H21O3PS. The van der Waals surface area contributed by atoms with E-state index in [4.69, 9.17) is 0 Å². The second-order valence-electron chi connectivity index (χ2n) is 6.48. The zero-order chi connectivity index (χ0) is 18.2. The van der Waals surface area contributed by atoms with E-state index in [2.05, 4.69) is 9.24 Å². The zero-order valence-corrected chi connectivity index (χ0v) is 16.1. The van der Waals surface area contributed by atoms with Crippen molar-refractivity contribution >= 4 is 24.9 Å². The van der Waals surface area contributed by atoms with Crippen LogP contribution in [0.15, 0.2) is 66.8 Å². The summed E-state index contributed by atoms with van der Waals surface area (Å²) < 4.78 is 33.3. The molecule has 0 spiro atoms. The molecule has 0 aromatic heterocycles. The van der Waals surface area contributed by atoms with Crippen LogP contribution in [0.2, 0.25) is 0 Å². The second kappa shape index (κ2) is 6.53. The molecule has 0 radical (unpaired) electrons. The summed E-state index contributed by atoms with van der Waals surface area (Å²) in [6, 6.07) is 15.3. The molecule has 3 rings (SSSR count). The van der Waals surface area contributed by atoms with Gasteiger partial charge in [0.1, 0.15) is 0 Å². The quantitative estimate of drug-likeness (QED) is 0.646. The van der Waals surface area contributed by atoms with Gasteiger partial charge in [0.2, 0.25) is 0 Å². The molecule has 3 unspecified atom stereocenters. The Bertz CT molecular complexity index is 941. The lowest BCUT2D eigenvalue weighted by molar-refractivity contribution is 0.450. The molecule has 2 aromatic carbocycles. The molecule has 0 heterocycles. The van der Waals surface area contributed by atoms with Crippen molar-refractivity contribution in [3.05, 3.63) is 89.0 Å². The highest BCUT2D eigenvalue weighted by molar-refractivity contribution is 7.87. The summed E-state index contributed by atoms with van der Waals surface area (Å²) in [5.74, 6) is 0. The minimum absolute atomic E-state index is 0.494. The first kappa shape index (κ1) is 18.1. The topological polar surface area (TPSA) is 54.4 Å². The summed E-state index contributed by atoms with van der Waals surface area (Å²) in [4.78, 5) is 0. The van der Waals surface area contributed by atoms with Crippen LogP contribution in [0.25, 0.3) is 5.57 Å². The Labute approximate surface area is 151 Å². The van der Waals surface area contributed by atoms with Gasteiger partial charge in [-0.15, -0.1) is 9.24 Å². The van der Waals surface area contributed by atoms with E-state index in [1.165, 1.54) is 5.56 Å². The first-order valence-electron chi connectivity index (χ1n) is 8.02. The lowest BCUT2D eigenvalue weighted by Crippen LogP contribution is -2.42. The maximum absolute atomic E-state index is 12.4. The standard InChI is InChI=1S/C20H21O3PS/c1-14-3-7-16(8-4-14)17-11-12-20(19(24)13-17,25(21,22)23)18-9-5-15(2)6-10-18/h3-13,19H,24H2,1-2H3,(H,21,22,23). The fraction of sp³-hybridized carbons (Fsp3) is 0.200. The van der Waals surface area contributed by atoms with Crippen LogP contribution < -0.4 is 0 Å². The molecule has 1 aliphatic rings. The predicted octanol–water partition coefficient (Wildman–Crippen LogP) is 4.28. The lowest BCUT2D eigenvalue weighted by atomic mass is 9.86. The van der Waals surface area contributed by atoms with Gasteiger partial charge in [0.25, 0.3) is 10.1 Å². The first-order valence-corrected chi connectivity index (χ1v) is 10.1. The number of hydrogen-bond donors (Lipinski definition) is 1. The third kappa shape index (κ3) is 3.22. The van der Waals surface area contributed by atoms with E-state index in [1.54, 1.807) is 24.3 Å². The molecule has 2 aromatic rings. The van der Waals surface area contributed by atoms with Crippen LogP contribution in [-0.2, 0) is 14.9 Å². The Kier molecular flexibility index (Phi) is 4.72. The smallest absolute Gasteiger partial charge is 0.279 e. The average molecular weight is 372 g/mol. The number of hydrogen-bond acceptors (Lipinski definition) is 2. The molecule has 1 N–H and O–H groups in total. The maximum atomic E-state index is 12.4.